The summed E-state index contributed by atoms with van der Waals surface area (Å²) < 4.78 is 0. The van der Waals surface area contributed by atoms with E-state index in [2.05, 4.69) is 73.4 Å². The van der Waals surface area contributed by atoms with Gasteiger partial charge < -0.3 is 0 Å². The number of aryl methyl sites for hydroxylation is 2. The smallest absolute Gasteiger partial charge is 0.0708 e. The minimum Gasteiger partial charge on any atom is -0.256 e. The SMILES string of the molecule is Cc1ccc(-c2cc(-c3ccccc3)ccn2)cc1C. The summed E-state index contributed by atoms with van der Waals surface area (Å²) in [5.41, 5.74) is 7.23. The van der Waals surface area contributed by atoms with Crippen LogP contribution < -0.4 is 0 Å². The van der Waals surface area contributed by atoms with Crippen molar-refractivity contribution < 1.29 is 0 Å². The molecule has 0 saturated heterocycles. The highest BCUT2D eigenvalue weighted by molar-refractivity contribution is 5.70. The summed E-state index contributed by atoms with van der Waals surface area (Å²) in [5, 5.41) is 0. The van der Waals surface area contributed by atoms with Crippen LogP contribution in [0.2, 0.25) is 0 Å². The Kier molecular flexibility index (Phi) is 3.34. The van der Waals surface area contributed by atoms with E-state index in [1.165, 1.54) is 27.8 Å². The molecular weight excluding hydrogens is 242 g/mol. The zero-order chi connectivity index (χ0) is 13.9. The van der Waals surface area contributed by atoms with Crippen molar-refractivity contribution in [2.75, 3.05) is 0 Å². The normalized spacial score (nSPS) is 10.5. The topological polar surface area (TPSA) is 12.9 Å². The highest BCUT2D eigenvalue weighted by Crippen LogP contribution is 2.25. The Morgan fingerprint density at radius 3 is 2.20 bits per heavy atom. The van der Waals surface area contributed by atoms with Gasteiger partial charge in [-0.3, -0.25) is 4.98 Å². The maximum absolute atomic E-state index is 4.51. The fraction of sp³-hybridized carbons (Fsp3) is 0.105. The lowest BCUT2D eigenvalue weighted by atomic mass is 10.0. The van der Waals surface area contributed by atoms with Crippen molar-refractivity contribution in [3.05, 3.63) is 78.0 Å². The zero-order valence-corrected chi connectivity index (χ0v) is 11.8. The lowest BCUT2D eigenvalue weighted by Crippen LogP contribution is -1.87. The van der Waals surface area contributed by atoms with Crippen molar-refractivity contribution >= 4 is 0 Å². The number of hydrogen-bond acceptors (Lipinski definition) is 1. The number of aromatic nitrogens is 1. The molecule has 1 heterocycles. The van der Waals surface area contributed by atoms with E-state index in [-0.39, 0.29) is 0 Å². The lowest BCUT2D eigenvalue weighted by molar-refractivity contribution is 1.29. The molecule has 0 aliphatic heterocycles. The van der Waals surface area contributed by atoms with Crippen LogP contribution in [0.1, 0.15) is 11.1 Å². The van der Waals surface area contributed by atoms with Gasteiger partial charge in [0.25, 0.3) is 0 Å². The molecule has 0 aliphatic rings. The molecule has 0 fully saturated rings. The van der Waals surface area contributed by atoms with Crippen LogP contribution in [0.25, 0.3) is 22.4 Å². The first-order chi connectivity index (χ1) is 9.74. The molecule has 1 aromatic heterocycles. The summed E-state index contributed by atoms with van der Waals surface area (Å²) in [5.74, 6) is 0. The fourth-order valence-electron chi connectivity index (χ4n) is 2.30. The van der Waals surface area contributed by atoms with Gasteiger partial charge in [0.2, 0.25) is 0 Å². The van der Waals surface area contributed by atoms with Gasteiger partial charge in [-0.1, -0.05) is 42.5 Å². The first-order valence-corrected chi connectivity index (χ1v) is 6.83. The molecule has 0 N–H and O–H groups in total. The summed E-state index contributed by atoms with van der Waals surface area (Å²) in [6, 6.07) is 21.1. The van der Waals surface area contributed by atoms with Crippen LogP contribution in [0.15, 0.2) is 66.9 Å². The molecule has 1 nitrogen and oxygen atoms in total. The Hall–Kier alpha value is -2.41. The molecule has 2 aromatic carbocycles. The van der Waals surface area contributed by atoms with Gasteiger partial charge in [0, 0.05) is 11.8 Å². The number of nitrogens with zero attached hydrogens (tertiary/aromatic N) is 1. The van der Waals surface area contributed by atoms with Gasteiger partial charge in [0.05, 0.1) is 5.69 Å². The van der Waals surface area contributed by atoms with E-state index in [0.717, 1.165) is 5.69 Å². The standard InChI is InChI=1S/C19H17N/c1-14-8-9-18(12-15(14)2)19-13-17(10-11-20-19)16-6-4-3-5-7-16/h3-13H,1-2H3. The van der Waals surface area contributed by atoms with Crippen LogP contribution in [0.4, 0.5) is 0 Å². The zero-order valence-electron chi connectivity index (χ0n) is 11.8. The first-order valence-electron chi connectivity index (χ1n) is 6.83. The Balaban J connectivity index is 2.05. The summed E-state index contributed by atoms with van der Waals surface area (Å²) in [6.45, 7) is 4.27. The van der Waals surface area contributed by atoms with Crippen LogP contribution in [0, 0.1) is 13.8 Å². The van der Waals surface area contributed by atoms with Crippen molar-refractivity contribution in [3.63, 3.8) is 0 Å². The second-order valence-corrected chi connectivity index (χ2v) is 5.09. The molecule has 0 spiro atoms. The van der Waals surface area contributed by atoms with Crippen LogP contribution in [0.3, 0.4) is 0 Å². The fourth-order valence-corrected chi connectivity index (χ4v) is 2.30. The van der Waals surface area contributed by atoms with Crippen LogP contribution in [-0.4, -0.2) is 4.98 Å². The predicted molar refractivity (Wildman–Crippen MR) is 84.6 cm³/mol. The maximum Gasteiger partial charge on any atom is 0.0708 e. The van der Waals surface area contributed by atoms with E-state index in [9.17, 15) is 0 Å². The molecule has 0 amide bonds. The quantitative estimate of drug-likeness (QED) is 0.628. The van der Waals surface area contributed by atoms with E-state index in [1.54, 1.807) is 0 Å². The van der Waals surface area contributed by atoms with Gasteiger partial charge in [-0.15, -0.1) is 0 Å². The average Bonchev–Trinajstić information content (AvgIpc) is 2.51. The molecule has 1 heteroatoms. The minimum absolute atomic E-state index is 1.02. The second kappa shape index (κ2) is 5.30. The number of hydrogen-bond donors (Lipinski definition) is 0. The largest absolute Gasteiger partial charge is 0.256 e. The van der Waals surface area contributed by atoms with Crippen molar-refractivity contribution in [2.45, 2.75) is 13.8 Å². The molecule has 0 atom stereocenters. The molecule has 98 valence electrons. The van der Waals surface area contributed by atoms with E-state index in [1.807, 2.05) is 12.3 Å². The van der Waals surface area contributed by atoms with Crippen LogP contribution in [0.5, 0.6) is 0 Å². The molecular formula is C19H17N. The third-order valence-electron chi connectivity index (χ3n) is 3.67. The van der Waals surface area contributed by atoms with E-state index < -0.39 is 0 Å². The molecule has 0 bridgehead atoms. The van der Waals surface area contributed by atoms with Gasteiger partial charge in [0.1, 0.15) is 0 Å². The first kappa shape index (κ1) is 12.6. The van der Waals surface area contributed by atoms with Gasteiger partial charge in [-0.2, -0.15) is 0 Å². The van der Waals surface area contributed by atoms with Crippen molar-refractivity contribution in [3.8, 4) is 22.4 Å². The summed E-state index contributed by atoms with van der Waals surface area (Å²) in [7, 11) is 0. The Bertz CT molecular complexity index is 730. The van der Waals surface area contributed by atoms with Gasteiger partial charge in [-0.25, -0.2) is 0 Å². The molecule has 0 saturated carbocycles. The summed E-state index contributed by atoms with van der Waals surface area (Å²) in [6.07, 6.45) is 1.88. The highest BCUT2D eigenvalue weighted by atomic mass is 14.7. The lowest BCUT2D eigenvalue weighted by Gasteiger charge is -2.07. The molecule has 0 radical (unpaired) electrons. The monoisotopic (exact) mass is 259 g/mol. The summed E-state index contributed by atoms with van der Waals surface area (Å²) in [4.78, 5) is 4.51. The number of pyridine rings is 1. The second-order valence-electron chi connectivity index (χ2n) is 5.09. The van der Waals surface area contributed by atoms with E-state index in [4.69, 9.17) is 0 Å². The van der Waals surface area contributed by atoms with E-state index in [0.29, 0.717) is 0 Å². The molecule has 0 aliphatic carbocycles. The Morgan fingerprint density at radius 2 is 1.45 bits per heavy atom. The van der Waals surface area contributed by atoms with Gasteiger partial charge in [-0.05, 0) is 54.3 Å². The average molecular weight is 259 g/mol. The molecule has 20 heavy (non-hydrogen) atoms. The Morgan fingerprint density at radius 1 is 0.650 bits per heavy atom. The Labute approximate surface area is 119 Å². The number of rotatable bonds is 2. The molecule has 0 unspecified atom stereocenters. The molecule has 3 rings (SSSR count). The van der Waals surface area contributed by atoms with Crippen LogP contribution >= 0.6 is 0 Å². The summed E-state index contributed by atoms with van der Waals surface area (Å²) >= 11 is 0. The highest BCUT2D eigenvalue weighted by Gasteiger charge is 2.03. The van der Waals surface area contributed by atoms with Crippen molar-refractivity contribution in [1.82, 2.24) is 4.98 Å². The third-order valence-corrected chi connectivity index (χ3v) is 3.67. The van der Waals surface area contributed by atoms with Crippen molar-refractivity contribution in [1.29, 1.82) is 0 Å². The van der Waals surface area contributed by atoms with Gasteiger partial charge >= 0.3 is 0 Å². The molecule has 3 aromatic rings. The van der Waals surface area contributed by atoms with E-state index >= 15 is 0 Å². The minimum atomic E-state index is 1.02. The third kappa shape index (κ3) is 2.48. The number of benzene rings is 2. The maximum atomic E-state index is 4.51. The van der Waals surface area contributed by atoms with Crippen LogP contribution in [-0.2, 0) is 0 Å². The van der Waals surface area contributed by atoms with Gasteiger partial charge in [0.15, 0.2) is 0 Å². The van der Waals surface area contributed by atoms with Crippen molar-refractivity contribution in [2.24, 2.45) is 0 Å². The predicted octanol–water partition coefficient (Wildman–Crippen LogP) is 5.03.